The molecule has 0 radical (unpaired) electrons. The molecule has 1 amide bonds. The van der Waals surface area contributed by atoms with Crippen LogP contribution in [-0.2, 0) is 4.79 Å². The zero-order valence-electron chi connectivity index (χ0n) is 21.2. The van der Waals surface area contributed by atoms with E-state index in [0.29, 0.717) is 17.0 Å². The maximum Gasteiger partial charge on any atom is 0.248 e. The standard InChI is InChI=1S/C32H25N3O4/c1-38-28-16-11-24(12-17-28)32-25(22-35(34-32)27-6-3-2-4-7-27)13-19-30(36)23-9-14-26(15-10-23)33-31(37)20-18-29-8-5-21-39-29/h2-22H,1H3,(H,33,37)/b19-13+,20-18+. The summed E-state index contributed by atoms with van der Waals surface area (Å²) in [4.78, 5) is 25.1. The predicted molar refractivity (Wildman–Crippen MR) is 152 cm³/mol. The Hall–Kier alpha value is -5.43. The molecular formula is C32H25N3O4. The summed E-state index contributed by atoms with van der Waals surface area (Å²) in [6.07, 6.45) is 9.70. The van der Waals surface area contributed by atoms with Crippen molar-refractivity contribution in [3.8, 4) is 22.7 Å². The predicted octanol–water partition coefficient (Wildman–Crippen LogP) is 6.69. The Balaban J connectivity index is 1.33. The van der Waals surface area contributed by atoms with Crippen LogP contribution in [0.3, 0.4) is 0 Å². The van der Waals surface area contributed by atoms with E-state index in [4.69, 9.17) is 14.3 Å². The maximum absolute atomic E-state index is 13.0. The second-order valence-corrected chi connectivity index (χ2v) is 8.55. The Labute approximate surface area is 225 Å². The number of nitrogens with zero attached hydrogens (tertiary/aromatic N) is 2. The van der Waals surface area contributed by atoms with Crippen LogP contribution in [0.25, 0.3) is 29.1 Å². The van der Waals surface area contributed by atoms with E-state index in [9.17, 15) is 9.59 Å². The van der Waals surface area contributed by atoms with E-state index in [1.165, 1.54) is 18.4 Å². The minimum Gasteiger partial charge on any atom is -0.497 e. The Morgan fingerprint density at radius 2 is 1.64 bits per heavy atom. The fraction of sp³-hybridized carbons (Fsp3) is 0.0312. The van der Waals surface area contributed by atoms with Gasteiger partial charge in [0.15, 0.2) is 5.78 Å². The lowest BCUT2D eigenvalue weighted by Gasteiger charge is -2.03. The first kappa shape index (κ1) is 25.2. The van der Waals surface area contributed by atoms with Crippen molar-refractivity contribution in [1.29, 1.82) is 0 Å². The van der Waals surface area contributed by atoms with Gasteiger partial charge in [0.2, 0.25) is 5.91 Å². The molecular weight excluding hydrogens is 490 g/mol. The van der Waals surface area contributed by atoms with Crippen LogP contribution in [-0.4, -0.2) is 28.6 Å². The van der Waals surface area contributed by atoms with Gasteiger partial charge >= 0.3 is 0 Å². The number of furan rings is 1. The largest absolute Gasteiger partial charge is 0.497 e. The molecule has 0 unspecified atom stereocenters. The van der Waals surface area contributed by atoms with E-state index in [0.717, 1.165) is 28.3 Å². The summed E-state index contributed by atoms with van der Waals surface area (Å²) in [5.74, 6) is 0.870. The van der Waals surface area contributed by atoms with E-state index in [2.05, 4.69) is 5.32 Å². The Morgan fingerprint density at radius 1 is 0.872 bits per heavy atom. The molecule has 7 heteroatoms. The van der Waals surface area contributed by atoms with E-state index >= 15 is 0 Å². The molecule has 0 fully saturated rings. The Morgan fingerprint density at radius 3 is 2.33 bits per heavy atom. The third kappa shape index (κ3) is 6.29. The molecule has 192 valence electrons. The van der Waals surface area contributed by atoms with Crippen molar-refractivity contribution in [2.75, 3.05) is 12.4 Å². The monoisotopic (exact) mass is 515 g/mol. The minimum absolute atomic E-state index is 0.168. The van der Waals surface area contributed by atoms with Gasteiger partial charge in [-0.2, -0.15) is 5.10 Å². The van der Waals surface area contributed by atoms with Gasteiger partial charge in [-0.3, -0.25) is 9.59 Å². The number of benzene rings is 3. The van der Waals surface area contributed by atoms with Crippen LogP contribution >= 0.6 is 0 Å². The van der Waals surface area contributed by atoms with E-state index in [-0.39, 0.29) is 11.7 Å². The van der Waals surface area contributed by atoms with Crippen LogP contribution in [0, 0.1) is 0 Å². The van der Waals surface area contributed by atoms with Crippen LogP contribution in [0.1, 0.15) is 21.7 Å². The molecule has 0 atom stereocenters. The summed E-state index contributed by atoms with van der Waals surface area (Å²) in [6, 6.07) is 27.7. The van der Waals surface area contributed by atoms with Crippen molar-refractivity contribution in [2.45, 2.75) is 0 Å². The third-order valence-electron chi connectivity index (χ3n) is 5.92. The lowest BCUT2D eigenvalue weighted by atomic mass is 10.1. The fourth-order valence-corrected chi connectivity index (χ4v) is 3.90. The highest BCUT2D eigenvalue weighted by Crippen LogP contribution is 2.27. The number of aromatic nitrogens is 2. The molecule has 3 aromatic carbocycles. The SMILES string of the molecule is COc1ccc(-c2nn(-c3ccccc3)cc2/C=C/C(=O)c2ccc(NC(=O)/C=C/c3ccco3)cc2)cc1. The Kier molecular flexibility index (Phi) is 7.60. The topological polar surface area (TPSA) is 86.4 Å². The molecule has 1 N–H and O–H groups in total. The summed E-state index contributed by atoms with van der Waals surface area (Å²) in [7, 11) is 1.62. The number of para-hydroxylation sites is 1. The number of nitrogens with one attached hydrogen (secondary N) is 1. The van der Waals surface area contributed by atoms with Gasteiger partial charge in [0, 0.05) is 34.7 Å². The number of hydrogen-bond acceptors (Lipinski definition) is 5. The second kappa shape index (κ2) is 11.7. The normalized spacial score (nSPS) is 11.2. The molecule has 0 bridgehead atoms. The van der Waals surface area contributed by atoms with Gasteiger partial charge in [-0.05, 0) is 91.0 Å². The number of allylic oxidation sites excluding steroid dienone is 1. The maximum atomic E-state index is 13.0. The summed E-state index contributed by atoms with van der Waals surface area (Å²) in [5.41, 5.74) is 4.43. The second-order valence-electron chi connectivity index (χ2n) is 8.55. The van der Waals surface area contributed by atoms with Crippen molar-refractivity contribution in [1.82, 2.24) is 9.78 Å². The molecule has 5 rings (SSSR count). The Bertz CT molecular complexity index is 1610. The van der Waals surface area contributed by atoms with Crippen molar-refractivity contribution >= 4 is 29.5 Å². The van der Waals surface area contributed by atoms with Crippen molar-refractivity contribution in [2.24, 2.45) is 0 Å². The van der Waals surface area contributed by atoms with Crippen molar-refractivity contribution in [3.63, 3.8) is 0 Å². The first-order valence-electron chi connectivity index (χ1n) is 12.2. The summed E-state index contributed by atoms with van der Waals surface area (Å²) < 4.78 is 12.2. The van der Waals surface area contributed by atoms with Crippen LogP contribution in [0.15, 0.2) is 120 Å². The molecule has 0 spiro atoms. The highest BCUT2D eigenvalue weighted by atomic mass is 16.5. The van der Waals surface area contributed by atoms with Gasteiger partial charge in [-0.1, -0.05) is 18.2 Å². The van der Waals surface area contributed by atoms with Crippen LogP contribution in [0.4, 0.5) is 5.69 Å². The molecule has 0 saturated heterocycles. The average molecular weight is 516 g/mol. The number of carbonyl (C=O) groups excluding carboxylic acids is 2. The number of methoxy groups -OCH3 is 1. The quantitative estimate of drug-likeness (QED) is 0.175. The van der Waals surface area contributed by atoms with Crippen LogP contribution in [0.5, 0.6) is 5.75 Å². The number of amides is 1. The van der Waals surface area contributed by atoms with E-state index < -0.39 is 0 Å². The number of hydrogen-bond donors (Lipinski definition) is 1. The third-order valence-corrected chi connectivity index (χ3v) is 5.92. The van der Waals surface area contributed by atoms with Gasteiger partial charge < -0.3 is 14.5 Å². The first-order chi connectivity index (χ1) is 19.1. The van der Waals surface area contributed by atoms with E-state index in [1.807, 2.05) is 60.8 Å². The zero-order chi connectivity index (χ0) is 27.0. The number of anilines is 1. The molecule has 7 nitrogen and oxygen atoms in total. The number of ketones is 1. The van der Waals surface area contributed by atoms with Gasteiger partial charge in [0.05, 0.1) is 24.8 Å². The van der Waals surface area contributed by atoms with Gasteiger partial charge in [0.25, 0.3) is 0 Å². The van der Waals surface area contributed by atoms with Crippen molar-refractivity contribution < 1.29 is 18.7 Å². The lowest BCUT2D eigenvalue weighted by molar-refractivity contribution is -0.111. The molecule has 0 aliphatic rings. The smallest absolute Gasteiger partial charge is 0.248 e. The molecule has 5 aromatic rings. The molecule has 39 heavy (non-hydrogen) atoms. The minimum atomic E-state index is -0.299. The first-order valence-corrected chi connectivity index (χ1v) is 12.2. The molecule has 0 aliphatic carbocycles. The highest BCUT2D eigenvalue weighted by Gasteiger charge is 2.12. The summed E-state index contributed by atoms with van der Waals surface area (Å²) in [6.45, 7) is 0. The highest BCUT2D eigenvalue weighted by molar-refractivity contribution is 6.07. The average Bonchev–Trinajstić information content (AvgIpc) is 3.66. The van der Waals surface area contributed by atoms with E-state index in [1.54, 1.807) is 60.3 Å². The van der Waals surface area contributed by atoms with Gasteiger partial charge in [0.1, 0.15) is 11.5 Å². The summed E-state index contributed by atoms with van der Waals surface area (Å²) >= 11 is 0. The van der Waals surface area contributed by atoms with Gasteiger partial charge in [-0.25, -0.2) is 4.68 Å². The van der Waals surface area contributed by atoms with Crippen LogP contribution in [0.2, 0.25) is 0 Å². The zero-order valence-corrected chi connectivity index (χ0v) is 21.2. The molecule has 0 aliphatic heterocycles. The molecule has 2 heterocycles. The van der Waals surface area contributed by atoms with Crippen LogP contribution < -0.4 is 10.1 Å². The lowest BCUT2D eigenvalue weighted by Crippen LogP contribution is -2.07. The fourth-order valence-electron chi connectivity index (χ4n) is 3.90. The van der Waals surface area contributed by atoms with Gasteiger partial charge in [-0.15, -0.1) is 0 Å². The molecule has 0 saturated carbocycles. The van der Waals surface area contributed by atoms with Crippen molar-refractivity contribution in [3.05, 3.63) is 132 Å². The summed E-state index contributed by atoms with van der Waals surface area (Å²) in [5, 5.41) is 7.55. The molecule has 2 aromatic heterocycles. The number of ether oxygens (including phenoxy) is 1. The number of carbonyl (C=O) groups is 2. The number of rotatable bonds is 9.